The number of carbonyl (C=O) groups excluding carboxylic acids is 2. The molecule has 6 rings (SSSR count). The molecule has 2 aliphatic rings. The van der Waals surface area contributed by atoms with Crippen LogP contribution in [0.2, 0.25) is 0 Å². The first-order valence-electron chi connectivity index (χ1n) is 16.0. The molecule has 0 heterocycles. The van der Waals surface area contributed by atoms with Crippen LogP contribution in [0.25, 0.3) is 23.3 Å². The molecule has 0 unspecified atom stereocenters. The van der Waals surface area contributed by atoms with Crippen molar-refractivity contribution < 1.29 is 61.5 Å². The summed E-state index contributed by atoms with van der Waals surface area (Å²) < 4.78 is 134. The first kappa shape index (κ1) is 41.5. The van der Waals surface area contributed by atoms with Gasteiger partial charge in [0.15, 0.2) is 0 Å². The van der Waals surface area contributed by atoms with E-state index in [1.54, 1.807) is 50.2 Å². The molecule has 0 spiro atoms. The highest BCUT2D eigenvalue weighted by Crippen LogP contribution is 2.37. The first-order chi connectivity index (χ1) is 26.8. The first-order valence-corrected chi connectivity index (χ1v) is 21.7. The highest BCUT2D eigenvalue weighted by Gasteiger charge is 2.34. The quantitative estimate of drug-likeness (QED) is 0.0678. The minimum Gasteiger partial charge on any atom is -0.397 e. The van der Waals surface area contributed by atoms with Gasteiger partial charge in [-0.1, -0.05) is 24.3 Å². The Morgan fingerprint density at radius 1 is 0.500 bits per heavy atom. The highest BCUT2D eigenvalue weighted by molar-refractivity contribution is 7.87. The van der Waals surface area contributed by atoms with Crippen LogP contribution in [0.3, 0.4) is 0 Å². The number of hydrogen-bond acceptors (Lipinski definition) is 16. The molecule has 24 heteroatoms. The second kappa shape index (κ2) is 14.4. The lowest BCUT2D eigenvalue weighted by molar-refractivity contribution is 0.105. The van der Waals surface area contributed by atoms with Gasteiger partial charge in [-0.2, -0.15) is 43.9 Å². The van der Waals surface area contributed by atoms with Crippen molar-refractivity contribution in [2.24, 2.45) is 10.2 Å². The second-order valence-corrected chi connectivity index (χ2v) is 18.2. The molecular weight excluding hydrogens is 845 g/mol. The van der Waals surface area contributed by atoms with Gasteiger partial charge < -0.3 is 11.5 Å². The van der Waals surface area contributed by atoms with Gasteiger partial charge in [0.1, 0.15) is 31.0 Å². The van der Waals surface area contributed by atoms with Crippen LogP contribution < -0.4 is 22.3 Å². The molecule has 302 valence electrons. The van der Waals surface area contributed by atoms with Gasteiger partial charge in [-0.15, -0.1) is 0 Å². The van der Waals surface area contributed by atoms with Crippen molar-refractivity contribution in [3.05, 3.63) is 94.1 Å². The molecule has 4 aromatic carbocycles. The topological polar surface area (TPSA) is 352 Å². The number of nitrogens with zero attached hydrogens (tertiary/aromatic N) is 2. The Morgan fingerprint density at radius 3 is 1.12 bits per heavy atom. The zero-order valence-corrected chi connectivity index (χ0v) is 32.7. The average molecular weight is 873 g/mol. The largest absolute Gasteiger partial charge is 0.397 e. The van der Waals surface area contributed by atoms with E-state index in [9.17, 15) is 61.5 Å². The zero-order valence-electron chi connectivity index (χ0n) is 29.5. The van der Waals surface area contributed by atoms with E-state index >= 15 is 0 Å². The minimum atomic E-state index is -5.12. The molecular formula is C34H28N6O14S4. The lowest BCUT2D eigenvalue weighted by Crippen LogP contribution is -2.23. The standard InChI is InChI=1S/C34H28N6O14S4/c1-15-11-17(37-39-23-9-7-21-25(55(43,44)45)13-27(57(49,50)51)31(35)29(21)33(23)41)3-5-19(15)20-6-4-18(12-16(20)2)38-40-24-10-8-22-26(56(46,47)48)14-28(58(52,53)54)32(36)30(22)34(24)42/h3-14,37-38H,35-36H2,1-2H3,(H,43,44,45)(H,46,47,48)(H,49,50,51)(H,52,53,54)/b39-23+,40-24+. The van der Waals surface area contributed by atoms with Crippen LogP contribution in [0.1, 0.15) is 43.0 Å². The van der Waals surface area contributed by atoms with E-state index in [1.807, 2.05) is 0 Å². The Balaban J connectivity index is 1.23. The van der Waals surface area contributed by atoms with Gasteiger partial charge in [-0.3, -0.25) is 38.7 Å². The van der Waals surface area contributed by atoms with Gasteiger partial charge in [-0.25, -0.2) is 0 Å². The fraction of sp³-hybridized carbons (Fsp3) is 0.0588. The third kappa shape index (κ3) is 7.77. The highest BCUT2D eigenvalue weighted by atomic mass is 32.2. The third-order valence-corrected chi connectivity index (χ3v) is 12.4. The Labute approximate surface area is 329 Å². The van der Waals surface area contributed by atoms with Crippen molar-refractivity contribution in [3.63, 3.8) is 0 Å². The van der Waals surface area contributed by atoms with Crippen LogP contribution >= 0.6 is 0 Å². The number of hydrogen-bond donors (Lipinski definition) is 8. The second-order valence-electron chi connectivity index (χ2n) is 12.7. The van der Waals surface area contributed by atoms with Crippen LogP contribution in [0.15, 0.2) is 90.5 Å². The normalized spacial score (nSPS) is 15.8. The van der Waals surface area contributed by atoms with Crippen LogP contribution in [-0.2, 0) is 40.5 Å². The average Bonchev–Trinajstić information content (AvgIpc) is 3.09. The molecule has 0 bridgehead atoms. The Kier molecular flexibility index (Phi) is 10.3. The number of Topliss-reactive ketones (excluding diaryl/α,β-unsaturated/α-hetero) is 2. The summed E-state index contributed by atoms with van der Waals surface area (Å²) in [6.45, 7) is 3.57. The summed E-state index contributed by atoms with van der Waals surface area (Å²) >= 11 is 0. The monoisotopic (exact) mass is 872 g/mol. The van der Waals surface area contributed by atoms with Crippen molar-refractivity contribution in [1.29, 1.82) is 0 Å². The number of aryl methyl sites for hydroxylation is 2. The molecule has 0 aromatic heterocycles. The molecule has 20 nitrogen and oxygen atoms in total. The SMILES string of the molecule is Cc1cc(N/N=C2\C=Cc3c(S(=O)(=O)O)cc(S(=O)(=O)O)c(N)c3C2=O)ccc1-c1ccc(N/N=C2\C=Cc3c(S(=O)(=O)O)cc(S(=O)(=O)O)c(N)c3C2=O)cc1C. The number of benzene rings is 4. The molecule has 58 heavy (non-hydrogen) atoms. The van der Waals surface area contributed by atoms with Crippen molar-refractivity contribution in [3.8, 4) is 11.1 Å². The molecule has 0 radical (unpaired) electrons. The molecule has 0 saturated carbocycles. The van der Waals surface area contributed by atoms with Gasteiger partial charge >= 0.3 is 0 Å². The fourth-order valence-electron chi connectivity index (χ4n) is 6.23. The van der Waals surface area contributed by atoms with Crippen molar-refractivity contribution in [2.75, 3.05) is 22.3 Å². The zero-order chi connectivity index (χ0) is 42.9. The van der Waals surface area contributed by atoms with Crippen molar-refractivity contribution in [2.45, 2.75) is 33.4 Å². The summed E-state index contributed by atoms with van der Waals surface area (Å²) in [7, 11) is -20.4. The predicted molar refractivity (Wildman–Crippen MR) is 211 cm³/mol. The maximum atomic E-state index is 13.3. The van der Waals surface area contributed by atoms with Crippen molar-refractivity contribution in [1.82, 2.24) is 0 Å². The van der Waals surface area contributed by atoms with E-state index in [4.69, 9.17) is 11.5 Å². The fourth-order valence-corrected chi connectivity index (χ4v) is 9.11. The summed E-state index contributed by atoms with van der Waals surface area (Å²) in [4.78, 5) is 22.6. The van der Waals surface area contributed by atoms with Crippen LogP contribution in [0.4, 0.5) is 22.7 Å². The van der Waals surface area contributed by atoms with Gasteiger partial charge in [0.25, 0.3) is 40.5 Å². The molecule has 2 aliphatic carbocycles. The number of hydrazone groups is 2. The van der Waals surface area contributed by atoms with Gasteiger partial charge in [0, 0.05) is 11.1 Å². The van der Waals surface area contributed by atoms with Gasteiger partial charge in [0.2, 0.25) is 11.6 Å². The van der Waals surface area contributed by atoms with Crippen LogP contribution in [0, 0.1) is 13.8 Å². The molecule has 0 aliphatic heterocycles. The summed E-state index contributed by atoms with van der Waals surface area (Å²) in [5.41, 5.74) is 16.7. The molecule has 0 saturated heterocycles. The Bertz CT molecular complexity index is 2930. The van der Waals surface area contributed by atoms with E-state index in [1.165, 1.54) is 0 Å². The van der Waals surface area contributed by atoms with Gasteiger partial charge in [0.05, 0.1) is 33.9 Å². The number of fused-ring (bicyclic) bond motifs is 2. The Morgan fingerprint density at radius 2 is 0.828 bits per heavy atom. The molecule has 0 atom stereocenters. The maximum absolute atomic E-state index is 13.3. The lowest BCUT2D eigenvalue weighted by atomic mass is 9.93. The van der Waals surface area contributed by atoms with Gasteiger partial charge in [-0.05, 0) is 84.7 Å². The number of nitrogens with two attached hydrogens (primary N) is 2. The number of nitrogens with one attached hydrogen (secondary N) is 2. The minimum absolute atomic E-state index is 0.319. The van der Waals surface area contributed by atoms with Crippen LogP contribution in [-0.4, -0.2) is 74.9 Å². The van der Waals surface area contributed by atoms with Crippen LogP contribution in [0.5, 0.6) is 0 Å². The number of allylic oxidation sites excluding steroid dienone is 2. The number of carbonyl (C=O) groups is 2. The lowest BCUT2D eigenvalue weighted by Gasteiger charge is -2.18. The summed E-state index contributed by atoms with van der Waals surface area (Å²) in [6, 6.07) is 11.0. The van der Waals surface area contributed by atoms with E-state index in [2.05, 4.69) is 21.1 Å². The maximum Gasteiger partial charge on any atom is 0.296 e. The summed E-state index contributed by atoms with van der Waals surface area (Å²) in [6.07, 6.45) is 4.43. The third-order valence-electron chi connectivity index (χ3n) is 8.86. The number of nitrogen functional groups attached to an aromatic ring is 2. The van der Waals surface area contributed by atoms with E-state index < -0.39 is 105 Å². The number of anilines is 4. The summed E-state index contributed by atoms with van der Waals surface area (Å²) in [5.74, 6) is -2.01. The predicted octanol–water partition coefficient (Wildman–Crippen LogP) is 3.48. The molecule has 10 N–H and O–H groups in total. The van der Waals surface area contributed by atoms with Crippen molar-refractivity contribution >= 4 is 98.4 Å². The Hall–Kier alpha value is -6.12. The number of ketones is 2. The summed E-state index contributed by atoms with van der Waals surface area (Å²) in [5, 5.41) is 8.12. The van der Waals surface area contributed by atoms with E-state index in [-0.39, 0.29) is 11.4 Å². The van der Waals surface area contributed by atoms with E-state index in [0.717, 1.165) is 46.6 Å². The van der Waals surface area contributed by atoms with E-state index in [0.29, 0.717) is 23.5 Å². The smallest absolute Gasteiger partial charge is 0.296 e. The molecule has 0 fully saturated rings. The molecule has 4 aromatic rings. The molecule has 0 amide bonds. The number of rotatable bonds is 9.